The number of rotatable bonds is 1. The van der Waals surface area contributed by atoms with Crippen LogP contribution in [0.2, 0.25) is 0 Å². The molecule has 2 rings (SSSR count). The van der Waals surface area contributed by atoms with Crippen molar-refractivity contribution in [1.29, 1.82) is 0 Å². The lowest BCUT2D eigenvalue weighted by molar-refractivity contribution is 0.988. The summed E-state index contributed by atoms with van der Waals surface area (Å²) in [4.78, 5) is 20.5. The van der Waals surface area contributed by atoms with Crippen LogP contribution in [0.5, 0.6) is 0 Å². The van der Waals surface area contributed by atoms with Gasteiger partial charge in [0.25, 0.3) is 0 Å². The summed E-state index contributed by atoms with van der Waals surface area (Å²) in [7, 11) is 0. The van der Waals surface area contributed by atoms with E-state index in [0.29, 0.717) is 11.5 Å². The molecule has 0 aliphatic carbocycles. The van der Waals surface area contributed by atoms with Gasteiger partial charge in [-0.1, -0.05) is 0 Å². The van der Waals surface area contributed by atoms with Gasteiger partial charge in [0.05, 0.1) is 0 Å². The molecule has 2 aromatic heterocycles. The number of nitrogens with zero attached hydrogens (tertiary/aromatic N) is 3. The second-order valence-corrected chi connectivity index (χ2v) is 2.33. The van der Waals surface area contributed by atoms with Gasteiger partial charge in [0, 0.05) is 6.20 Å². The molecule has 4 N–H and O–H groups in total. The Bertz CT molecular complexity index is 458. The molecule has 0 saturated heterocycles. The third-order valence-electron chi connectivity index (χ3n) is 1.42. The average Bonchev–Trinajstić information content (AvgIpc) is 2.53. The Labute approximate surface area is 72.0 Å². The lowest BCUT2D eigenvalue weighted by atomic mass is 10.4. The molecule has 0 aliphatic rings. The van der Waals surface area contributed by atoms with Crippen LogP contribution < -0.4 is 11.4 Å². The van der Waals surface area contributed by atoms with Crippen molar-refractivity contribution in [3.05, 3.63) is 22.7 Å². The van der Waals surface area contributed by atoms with E-state index in [1.807, 2.05) is 0 Å². The van der Waals surface area contributed by atoms with Crippen LogP contribution in [0.25, 0.3) is 11.5 Å². The van der Waals surface area contributed by atoms with Crippen LogP contribution in [0.1, 0.15) is 0 Å². The zero-order chi connectivity index (χ0) is 9.26. The van der Waals surface area contributed by atoms with E-state index < -0.39 is 5.69 Å². The number of anilines is 1. The summed E-state index contributed by atoms with van der Waals surface area (Å²) in [6.45, 7) is 0. The molecular formula is C6H6N6O. The molecule has 0 aliphatic heterocycles. The van der Waals surface area contributed by atoms with E-state index in [0.717, 1.165) is 0 Å². The maximum absolute atomic E-state index is 10.9. The highest BCUT2D eigenvalue weighted by atomic mass is 16.1. The molecule has 0 amide bonds. The summed E-state index contributed by atoms with van der Waals surface area (Å²) in [6.07, 6.45) is 1.55. The summed E-state index contributed by atoms with van der Waals surface area (Å²) in [5.74, 6) is 0.267. The first-order chi connectivity index (χ1) is 6.25. The van der Waals surface area contributed by atoms with E-state index in [1.54, 1.807) is 12.3 Å². The predicted molar refractivity (Wildman–Crippen MR) is 44.6 cm³/mol. The first-order valence-electron chi connectivity index (χ1n) is 3.49. The van der Waals surface area contributed by atoms with E-state index in [-0.39, 0.29) is 5.95 Å². The van der Waals surface area contributed by atoms with Gasteiger partial charge in [-0.15, -0.1) is 0 Å². The third kappa shape index (κ3) is 1.39. The minimum absolute atomic E-state index is 0.0617. The summed E-state index contributed by atoms with van der Waals surface area (Å²) < 4.78 is 0. The standard InChI is InChI=1S/C6H6N6O/c7-5-9-4(10-6(13)11-5)3-1-2-8-12-3/h1-2H,(H,8,12)(H3,7,9,10,11,13). The number of nitrogen functional groups attached to an aromatic ring is 1. The topological polar surface area (TPSA) is 113 Å². The fourth-order valence-corrected chi connectivity index (χ4v) is 0.916. The van der Waals surface area contributed by atoms with Crippen molar-refractivity contribution in [1.82, 2.24) is 25.1 Å². The minimum Gasteiger partial charge on any atom is -0.368 e. The number of aromatic nitrogens is 5. The van der Waals surface area contributed by atoms with E-state index >= 15 is 0 Å². The summed E-state index contributed by atoms with van der Waals surface area (Å²) in [6, 6.07) is 1.66. The molecule has 2 heterocycles. The van der Waals surface area contributed by atoms with Crippen molar-refractivity contribution in [2.75, 3.05) is 5.73 Å². The molecule has 7 heteroatoms. The predicted octanol–water partition coefficient (Wildman–Crippen LogP) is -0.863. The van der Waals surface area contributed by atoms with E-state index in [4.69, 9.17) is 5.73 Å². The number of aromatic amines is 2. The number of nitrogens with one attached hydrogen (secondary N) is 2. The van der Waals surface area contributed by atoms with E-state index in [2.05, 4.69) is 25.1 Å². The Morgan fingerprint density at radius 2 is 2.23 bits per heavy atom. The second kappa shape index (κ2) is 2.70. The molecule has 66 valence electrons. The van der Waals surface area contributed by atoms with Gasteiger partial charge in [-0.05, 0) is 6.07 Å². The van der Waals surface area contributed by atoms with Crippen LogP contribution in [-0.4, -0.2) is 25.1 Å². The van der Waals surface area contributed by atoms with Crippen molar-refractivity contribution in [2.45, 2.75) is 0 Å². The van der Waals surface area contributed by atoms with Crippen molar-refractivity contribution in [3.8, 4) is 11.5 Å². The first kappa shape index (κ1) is 7.47. The normalized spacial score (nSPS) is 10.2. The van der Waals surface area contributed by atoms with Gasteiger partial charge in [-0.2, -0.15) is 15.1 Å². The zero-order valence-corrected chi connectivity index (χ0v) is 6.48. The number of nitrogens with two attached hydrogens (primary N) is 1. The fraction of sp³-hybridized carbons (Fsp3) is 0. The van der Waals surface area contributed by atoms with E-state index in [1.165, 1.54) is 0 Å². The first-order valence-corrected chi connectivity index (χ1v) is 3.49. The second-order valence-electron chi connectivity index (χ2n) is 2.33. The smallest absolute Gasteiger partial charge is 0.349 e. The van der Waals surface area contributed by atoms with Crippen LogP contribution in [0.4, 0.5) is 5.95 Å². The van der Waals surface area contributed by atoms with Gasteiger partial charge in [0.2, 0.25) is 5.95 Å². The Balaban J connectivity index is 2.59. The molecule has 0 spiro atoms. The van der Waals surface area contributed by atoms with Gasteiger partial charge in [-0.3, -0.25) is 10.1 Å². The van der Waals surface area contributed by atoms with Crippen LogP contribution in [-0.2, 0) is 0 Å². The lowest BCUT2D eigenvalue weighted by Crippen LogP contribution is -2.15. The van der Waals surface area contributed by atoms with Gasteiger partial charge < -0.3 is 5.73 Å². The zero-order valence-electron chi connectivity index (χ0n) is 6.48. The molecule has 0 fully saturated rings. The lowest BCUT2D eigenvalue weighted by Gasteiger charge is -1.95. The Morgan fingerprint density at radius 3 is 2.85 bits per heavy atom. The summed E-state index contributed by atoms with van der Waals surface area (Å²) in [5.41, 5.74) is 5.35. The quantitative estimate of drug-likeness (QED) is 0.525. The summed E-state index contributed by atoms with van der Waals surface area (Å²) >= 11 is 0. The third-order valence-corrected chi connectivity index (χ3v) is 1.42. The van der Waals surface area contributed by atoms with Crippen molar-refractivity contribution in [3.63, 3.8) is 0 Å². The number of hydrogen-bond acceptors (Lipinski definition) is 5. The highest BCUT2D eigenvalue weighted by molar-refractivity contribution is 5.48. The van der Waals surface area contributed by atoms with E-state index in [9.17, 15) is 4.79 Å². The largest absolute Gasteiger partial charge is 0.368 e. The summed E-state index contributed by atoms with van der Waals surface area (Å²) in [5, 5.41) is 6.35. The Kier molecular flexibility index (Phi) is 1.55. The maximum Gasteiger partial charge on any atom is 0.349 e. The highest BCUT2D eigenvalue weighted by Crippen LogP contribution is 2.07. The van der Waals surface area contributed by atoms with Crippen molar-refractivity contribution >= 4 is 5.95 Å². The molecule has 0 saturated carbocycles. The fourth-order valence-electron chi connectivity index (χ4n) is 0.916. The molecule has 0 aromatic carbocycles. The van der Waals surface area contributed by atoms with Gasteiger partial charge in [0.15, 0.2) is 5.82 Å². The molecular weight excluding hydrogens is 172 g/mol. The van der Waals surface area contributed by atoms with Gasteiger partial charge in [-0.25, -0.2) is 4.79 Å². The Morgan fingerprint density at radius 1 is 1.38 bits per heavy atom. The van der Waals surface area contributed by atoms with Crippen molar-refractivity contribution < 1.29 is 0 Å². The highest BCUT2D eigenvalue weighted by Gasteiger charge is 2.02. The van der Waals surface area contributed by atoms with Crippen molar-refractivity contribution in [2.24, 2.45) is 0 Å². The van der Waals surface area contributed by atoms with Crippen LogP contribution >= 0.6 is 0 Å². The SMILES string of the molecule is Nc1nc(-c2ccn[nH]2)[nH]c(=O)n1. The van der Waals surface area contributed by atoms with Gasteiger partial charge >= 0.3 is 5.69 Å². The Hall–Kier alpha value is -2.18. The molecule has 2 aromatic rings. The molecule has 0 atom stereocenters. The molecule has 0 unspecified atom stereocenters. The van der Waals surface area contributed by atoms with Crippen LogP contribution in [0, 0.1) is 0 Å². The maximum atomic E-state index is 10.9. The molecule has 0 bridgehead atoms. The van der Waals surface area contributed by atoms with Gasteiger partial charge in [0.1, 0.15) is 5.69 Å². The van der Waals surface area contributed by atoms with Crippen LogP contribution in [0.3, 0.4) is 0 Å². The number of H-pyrrole nitrogens is 2. The minimum atomic E-state index is -0.530. The average molecular weight is 178 g/mol. The number of hydrogen-bond donors (Lipinski definition) is 3. The molecule has 13 heavy (non-hydrogen) atoms. The molecule has 7 nitrogen and oxygen atoms in total. The monoisotopic (exact) mass is 178 g/mol. The molecule has 0 radical (unpaired) electrons. The van der Waals surface area contributed by atoms with Crippen LogP contribution in [0.15, 0.2) is 17.1 Å².